The zero-order chi connectivity index (χ0) is 21.5. The average Bonchev–Trinajstić information content (AvgIpc) is 3.24. The molecule has 1 aliphatic heterocycles. The molecule has 1 saturated heterocycles. The molecule has 0 N–H and O–H groups in total. The molecule has 1 atom stereocenters. The zero-order valence-corrected chi connectivity index (χ0v) is 18.2. The molecule has 1 aliphatic rings. The molecule has 0 unspecified atom stereocenters. The number of aryl methyl sites for hydroxylation is 2. The van der Waals surface area contributed by atoms with E-state index >= 15 is 0 Å². The van der Waals surface area contributed by atoms with E-state index in [1.54, 1.807) is 12.0 Å². The molecule has 0 aliphatic carbocycles. The summed E-state index contributed by atoms with van der Waals surface area (Å²) in [4.78, 5) is 15.2. The summed E-state index contributed by atoms with van der Waals surface area (Å²) in [5, 5.41) is 0.893. The maximum Gasteiger partial charge on any atom is 0.290 e. The third-order valence-corrected chi connectivity index (χ3v) is 7.44. The Morgan fingerprint density at radius 3 is 2.70 bits per heavy atom. The van der Waals surface area contributed by atoms with Crippen molar-refractivity contribution in [2.24, 2.45) is 0 Å². The molecule has 7 heteroatoms. The lowest BCUT2D eigenvalue weighted by molar-refractivity contribution is 0.0649. The molecule has 2 heterocycles. The molecule has 1 amide bonds. The zero-order valence-electron chi connectivity index (χ0n) is 17.3. The minimum Gasteiger partial charge on any atom is -0.497 e. The number of hydrogen-bond acceptors (Lipinski definition) is 5. The number of nitrogens with zero attached hydrogens (tertiary/aromatic N) is 1. The standard InChI is InChI=1S/C23H25NO5S/c1-15-7-8-20-16(2)22(29-21(20)11-15)23(25)24(18-9-10-30(26,27)14-18)13-17-5-4-6-19(12-17)28-3/h4-8,11-12,18H,9-10,13-14H2,1-3H3/t18-/m1/s1. The van der Waals surface area contributed by atoms with Gasteiger partial charge in [0.25, 0.3) is 5.91 Å². The fourth-order valence-electron chi connectivity index (χ4n) is 4.02. The summed E-state index contributed by atoms with van der Waals surface area (Å²) in [6.45, 7) is 4.12. The molecule has 0 bridgehead atoms. The van der Waals surface area contributed by atoms with Gasteiger partial charge in [-0.05, 0) is 49.6 Å². The third kappa shape index (κ3) is 3.94. The smallest absolute Gasteiger partial charge is 0.290 e. The van der Waals surface area contributed by atoms with Crippen molar-refractivity contribution >= 4 is 26.7 Å². The number of fused-ring (bicyclic) bond motifs is 1. The van der Waals surface area contributed by atoms with Crippen LogP contribution in [0.5, 0.6) is 5.75 Å². The molecule has 0 radical (unpaired) electrons. The molecular formula is C23H25NO5S. The Labute approximate surface area is 176 Å². The second-order valence-corrected chi connectivity index (χ2v) is 10.1. The van der Waals surface area contributed by atoms with Crippen LogP contribution in [0.2, 0.25) is 0 Å². The molecule has 1 fully saturated rings. The normalized spacial score (nSPS) is 17.9. The van der Waals surface area contributed by atoms with E-state index in [2.05, 4.69) is 0 Å². The van der Waals surface area contributed by atoms with Crippen molar-refractivity contribution in [1.29, 1.82) is 0 Å². The fraction of sp³-hybridized carbons (Fsp3) is 0.348. The Morgan fingerprint density at radius 2 is 2.00 bits per heavy atom. The quantitative estimate of drug-likeness (QED) is 0.617. The number of furan rings is 1. The van der Waals surface area contributed by atoms with Crippen LogP contribution in [0.1, 0.15) is 33.7 Å². The summed E-state index contributed by atoms with van der Waals surface area (Å²) in [6.07, 6.45) is 0.427. The van der Waals surface area contributed by atoms with Crippen LogP contribution in [0, 0.1) is 13.8 Å². The van der Waals surface area contributed by atoms with Gasteiger partial charge in [-0.3, -0.25) is 4.79 Å². The number of ether oxygens (including phenoxy) is 1. The molecule has 0 saturated carbocycles. The second kappa shape index (κ2) is 7.80. The van der Waals surface area contributed by atoms with Crippen molar-refractivity contribution in [2.75, 3.05) is 18.6 Å². The van der Waals surface area contributed by atoms with E-state index in [0.29, 0.717) is 17.8 Å². The summed E-state index contributed by atoms with van der Waals surface area (Å²) in [7, 11) is -1.56. The van der Waals surface area contributed by atoms with Gasteiger partial charge in [0, 0.05) is 23.5 Å². The van der Waals surface area contributed by atoms with Crippen molar-refractivity contribution < 1.29 is 22.4 Å². The molecule has 3 aromatic rings. The van der Waals surface area contributed by atoms with Gasteiger partial charge in [-0.1, -0.05) is 24.3 Å². The molecule has 0 spiro atoms. The van der Waals surface area contributed by atoms with E-state index in [9.17, 15) is 13.2 Å². The number of carbonyl (C=O) groups is 1. The van der Waals surface area contributed by atoms with E-state index in [1.165, 1.54) is 0 Å². The van der Waals surface area contributed by atoms with Gasteiger partial charge in [-0.15, -0.1) is 0 Å². The first kappa shape index (κ1) is 20.5. The Balaban J connectivity index is 1.73. The van der Waals surface area contributed by atoms with E-state index in [1.807, 2.05) is 56.3 Å². The summed E-state index contributed by atoms with van der Waals surface area (Å²) in [6, 6.07) is 12.9. The monoisotopic (exact) mass is 427 g/mol. The third-order valence-electron chi connectivity index (χ3n) is 5.69. The average molecular weight is 428 g/mol. The van der Waals surface area contributed by atoms with Gasteiger partial charge in [0.2, 0.25) is 0 Å². The molecule has 2 aromatic carbocycles. The van der Waals surface area contributed by atoms with Crippen molar-refractivity contribution in [2.45, 2.75) is 32.9 Å². The molecule has 1 aromatic heterocycles. The van der Waals surface area contributed by atoms with E-state index in [-0.39, 0.29) is 35.8 Å². The highest BCUT2D eigenvalue weighted by Crippen LogP contribution is 2.30. The second-order valence-electron chi connectivity index (χ2n) is 7.90. The Bertz CT molecular complexity index is 1210. The number of methoxy groups -OCH3 is 1. The van der Waals surface area contributed by atoms with Gasteiger partial charge in [0.05, 0.1) is 18.6 Å². The lowest BCUT2D eigenvalue weighted by Crippen LogP contribution is -2.40. The largest absolute Gasteiger partial charge is 0.497 e. The van der Waals surface area contributed by atoms with Gasteiger partial charge < -0.3 is 14.1 Å². The minimum absolute atomic E-state index is 0.0267. The van der Waals surface area contributed by atoms with Crippen LogP contribution >= 0.6 is 0 Å². The number of hydrogen-bond donors (Lipinski definition) is 0. The van der Waals surface area contributed by atoms with Crippen molar-refractivity contribution in [1.82, 2.24) is 4.90 Å². The Morgan fingerprint density at radius 1 is 1.20 bits per heavy atom. The topological polar surface area (TPSA) is 76.8 Å². The van der Waals surface area contributed by atoms with Crippen molar-refractivity contribution in [3.05, 3.63) is 64.9 Å². The van der Waals surface area contributed by atoms with Gasteiger partial charge in [0.1, 0.15) is 11.3 Å². The number of benzene rings is 2. The maximum atomic E-state index is 13.6. The van der Waals surface area contributed by atoms with Crippen LogP contribution in [0.15, 0.2) is 46.9 Å². The van der Waals surface area contributed by atoms with E-state index in [0.717, 1.165) is 22.1 Å². The van der Waals surface area contributed by atoms with Crippen LogP contribution < -0.4 is 4.74 Å². The van der Waals surface area contributed by atoms with Crippen LogP contribution in [-0.4, -0.2) is 43.9 Å². The van der Waals surface area contributed by atoms with Crippen LogP contribution in [-0.2, 0) is 16.4 Å². The van der Waals surface area contributed by atoms with E-state index < -0.39 is 9.84 Å². The first-order chi connectivity index (χ1) is 14.3. The first-order valence-corrected chi connectivity index (χ1v) is 11.7. The predicted molar refractivity (Wildman–Crippen MR) is 116 cm³/mol. The number of carbonyl (C=O) groups excluding carboxylic acids is 1. The molecule has 30 heavy (non-hydrogen) atoms. The highest BCUT2D eigenvalue weighted by molar-refractivity contribution is 7.91. The van der Waals surface area contributed by atoms with Gasteiger partial charge >= 0.3 is 0 Å². The van der Waals surface area contributed by atoms with E-state index in [4.69, 9.17) is 9.15 Å². The Hall–Kier alpha value is -2.80. The molecular weight excluding hydrogens is 402 g/mol. The number of rotatable bonds is 5. The molecule has 4 rings (SSSR count). The van der Waals surface area contributed by atoms with Gasteiger partial charge in [-0.25, -0.2) is 8.42 Å². The summed E-state index contributed by atoms with van der Waals surface area (Å²) >= 11 is 0. The Kier molecular flexibility index (Phi) is 5.32. The summed E-state index contributed by atoms with van der Waals surface area (Å²) < 4.78 is 35.5. The fourth-order valence-corrected chi connectivity index (χ4v) is 5.75. The SMILES string of the molecule is COc1cccc(CN(C(=O)c2oc3cc(C)ccc3c2C)[C@@H]2CCS(=O)(=O)C2)c1. The first-order valence-electron chi connectivity index (χ1n) is 9.91. The van der Waals surface area contributed by atoms with Crippen LogP contribution in [0.4, 0.5) is 0 Å². The van der Waals surface area contributed by atoms with Crippen LogP contribution in [0.25, 0.3) is 11.0 Å². The summed E-state index contributed by atoms with van der Waals surface area (Å²) in [5.41, 5.74) is 3.35. The number of sulfone groups is 1. The predicted octanol–water partition coefficient (Wildman–Crippen LogP) is 3.89. The van der Waals surface area contributed by atoms with Crippen molar-refractivity contribution in [3.63, 3.8) is 0 Å². The highest BCUT2D eigenvalue weighted by atomic mass is 32.2. The lowest BCUT2D eigenvalue weighted by Gasteiger charge is -2.28. The van der Waals surface area contributed by atoms with Gasteiger partial charge in [-0.2, -0.15) is 0 Å². The van der Waals surface area contributed by atoms with Crippen LogP contribution in [0.3, 0.4) is 0 Å². The molecule has 6 nitrogen and oxygen atoms in total. The lowest BCUT2D eigenvalue weighted by atomic mass is 10.1. The maximum absolute atomic E-state index is 13.6. The highest BCUT2D eigenvalue weighted by Gasteiger charge is 2.36. The van der Waals surface area contributed by atoms with Crippen molar-refractivity contribution in [3.8, 4) is 5.75 Å². The van der Waals surface area contributed by atoms with Gasteiger partial charge in [0.15, 0.2) is 15.6 Å². The minimum atomic E-state index is -3.15. The number of amides is 1. The molecule has 158 valence electrons. The summed E-state index contributed by atoms with van der Waals surface area (Å²) in [5.74, 6) is 0.738.